The van der Waals surface area contributed by atoms with Crippen LogP contribution in [0.3, 0.4) is 0 Å². The lowest BCUT2D eigenvalue weighted by molar-refractivity contribution is 0.0363. The van der Waals surface area contributed by atoms with Gasteiger partial charge in [-0.05, 0) is 31.2 Å². The Hall–Kier alpha value is -2.09. The van der Waals surface area contributed by atoms with Crippen LogP contribution in [0, 0.1) is 12.3 Å². The van der Waals surface area contributed by atoms with Gasteiger partial charge in [0.05, 0.1) is 30.8 Å². The third kappa shape index (κ3) is 5.10. The first kappa shape index (κ1) is 21.6. The summed E-state index contributed by atoms with van der Waals surface area (Å²) in [5.41, 5.74) is 3.94. The summed E-state index contributed by atoms with van der Waals surface area (Å²) in [7, 11) is 0. The topological polar surface area (TPSA) is 55.4 Å². The molecular weight excluding hydrogens is 432 g/mol. The maximum atomic E-state index is 8.73. The Morgan fingerprint density at radius 2 is 1.52 bits per heavy atom. The molecule has 7 heteroatoms. The SMILES string of the molecule is Br.Cc1ccc(OCCn2c(=N)n(CCN3CCOCC3)c3ccccc32)cc1. The summed E-state index contributed by atoms with van der Waals surface area (Å²) < 4.78 is 15.5. The zero-order chi connectivity index (χ0) is 19.3. The highest BCUT2D eigenvalue weighted by Crippen LogP contribution is 2.14. The van der Waals surface area contributed by atoms with Crippen LogP contribution in [0.15, 0.2) is 48.5 Å². The van der Waals surface area contributed by atoms with Crippen molar-refractivity contribution in [2.45, 2.75) is 20.0 Å². The Labute approximate surface area is 181 Å². The number of halogens is 1. The highest BCUT2D eigenvalue weighted by atomic mass is 79.9. The van der Waals surface area contributed by atoms with Crippen LogP contribution in [0.1, 0.15) is 5.56 Å². The van der Waals surface area contributed by atoms with Crippen molar-refractivity contribution in [3.05, 3.63) is 59.7 Å². The van der Waals surface area contributed by atoms with Crippen LogP contribution in [-0.4, -0.2) is 53.5 Å². The van der Waals surface area contributed by atoms with Gasteiger partial charge in [0.15, 0.2) is 0 Å². The molecule has 0 bridgehead atoms. The molecule has 1 saturated heterocycles. The molecule has 29 heavy (non-hydrogen) atoms. The summed E-state index contributed by atoms with van der Waals surface area (Å²) in [5.74, 6) is 0.869. The number of para-hydroxylation sites is 2. The van der Waals surface area contributed by atoms with E-state index in [0.717, 1.165) is 56.2 Å². The molecule has 0 unspecified atom stereocenters. The van der Waals surface area contributed by atoms with Crippen molar-refractivity contribution in [1.29, 1.82) is 5.41 Å². The van der Waals surface area contributed by atoms with Crippen molar-refractivity contribution < 1.29 is 9.47 Å². The molecule has 1 N–H and O–H groups in total. The number of hydrogen-bond acceptors (Lipinski definition) is 4. The Bertz CT molecular complexity index is 975. The van der Waals surface area contributed by atoms with Crippen LogP contribution in [0.4, 0.5) is 0 Å². The van der Waals surface area contributed by atoms with Gasteiger partial charge in [-0.3, -0.25) is 10.3 Å². The predicted octanol–water partition coefficient (Wildman–Crippen LogP) is 3.22. The number of morpholine rings is 1. The number of aromatic nitrogens is 2. The van der Waals surface area contributed by atoms with E-state index in [4.69, 9.17) is 14.9 Å². The van der Waals surface area contributed by atoms with Crippen LogP contribution < -0.4 is 10.4 Å². The second-order valence-corrected chi connectivity index (χ2v) is 7.23. The van der Waals surface area contributed by atoms with Crippen LogP contribution >= 0.6 is 17.0 Å². The van der Waals surface area contributed by atoms with Crippen LogP contribution in [0.5, 0.6) is 5.75 Å². The molecule has 4 rings (SSSR count). The average molecular weight is 461 g/mol. The summed E-state index contributed by atoms with van der Waals surface area (Å²) in [4.78, 5) is 2.41. The molecule has 0 amide bonds. The van der Waals surface area contributed by atoms with Gasteiger partial charge < -0.3 is 18.6 Å². The molecule has 6 nitrogen and oxygen atoms in total. The highest BCUT2D eigenvalue weighted by molar-refractivity contribution is 8.93. The molecule has 3 aromatic rings. The Morgan fingerprint density at radius 1 is 0.897 bits per heavy atom. The molecule has 1 fully saturated rings. The monoisotopic (exact) mass is 460 g/mol. The van der Waals surface area contributed by atoms with E-state index < -0.39 is 0 Å². The second kappa shape index (κ2) is 10.1. The lowest BCUT2D eigenvalue weighted by Crippen LogP contribution is -2.39. The number of hydrogen-bond donors (Lipinski definition) is 1. The third-order valence-electron chi connectivity index (χ3n) is 5.32. The van der Waals surface area contributed by atoms with Crippen molar-refractivity contribution in [3.63, 3.8) is 0 Å². The minimum Gasteiger partial charge on any atom is -0.492 e. The Balaban J connectivity index is 0.00000240. The summed E-state index contributed by atoms with van der Waals surface area (Å²) >= 11 is 0. The minimum absolute atomic E-state index is 0. The standard InChI is InChI=1S/C22H28N4O2.BrH/c1-18-6-8-19(9-7-18)28-17-14-26-21-5-3-2-4-20(21)25(22(26)23)11-10-24-12-15-27-16-13-24;/h2-9,23H,10-17H2,1H3;1H. The first-order valence-corrected chi connectivity index (χ1v) is 9.94. The number of fused-ring (bicyclic) bond motifs is 1. The van der Waals surface area contributed by atoms with E-state index in [0.29, 0.717) is 18.8 Å². The van der Waals surface area contributed by atoms with Crippen LogP contribution in [0.25, 0.3) is 11.0 Å². The molecular formula is C22H29BrN4O2. The number of benzene rings is 2. The molecule has 1 aliphatic heterocycles. The number of rotatable bonds is 7. The fraction of sp³-hybridized carbons (Fsp3) is 0.409. The van der Waals surface area contributed by atoms with E-state index in [9.17, 15) is 0 Å². The van der Waals surface area contributed by atoms with E-state index in [2.05, 4.69) is 40.7 Å². The molecule has 2 heterocycles. The van der Waals surface area contributed by atoms with Gasteiger partial charge in [-0.1, -0.05) is 29.8 Å². The summed E-state index contributed by atoms with van der Waals surface area (Å²) in [6.07, 6.45) is 0. The van der Waals surface area contributed by atoms with Gasteiger partial charge in [0.25, 0.3) is 0 Å². The van der Waals surface area contributed by atoms with E-state index in [1.54, 1.807) is 0 Å². The second-order valence-electron chi connectivity index (χ2n) is 7.23. The molecule has 156 valence electrons. The predicted molar refractivity (Wildman–Crippen MR) is 120 cm³/mol. The summed E-state index contributed by atoms with van der Waals surface area (Å²) in [6, 6.07) is 16.4. The van der Waals surface area contributed by atoms with Gasteiger partial charge in [0, 0.05) is 26.2 Å². The molecule has 0 atom stereocenters. The van der Waals surface area contributed by atoms with Gasteiger partial charge in [-0.15, -0.1) is 17.0 Å². The zero-order valence-electron chi connectivity index (χ0n) is 16.8. The van der Waals surface area contributed by atoms with Crippen LogP contribution in [-0.2, 0) is 17.8 Å². The largest absolute Gasteiger partial charge is 0.492 e. The quantitative estimate of drug-likeness (QED) is 0.588. The first-order chi connectivity index (χ1) is 13.7. The number of ether oxygens (including phenoxy) is 2. The van der Waals surface area contributed by atoms with Gasteiger partial charge in [0.1, 0.15) is 12.4 Å². The van der Waals surface area contributed by atoms with Crippen LogP contribution in [0.2, 0.25) is 0 Å². The lowest BCUT2D eigenvalue weighted by Gasteiger charge is -2.26. The lowest BCUT2D eigenvalue weighted by atomic mass is 10.2. The number of aryl methyl sites for hydroxylation is 1. The van der Waals surface area contributed by atoms with E-state index >= 15 is 0 Å². The molecule has 1 aliphatic rings. The fourth-order valence-corrected chi connectivity index (χ4v) is 3.70. The zero-order valence-corrected chi connectivity index (χ0v) is 18.6. The minimum atomic E-state index is 0. The van der Waals surface area contributed by atoms with Crippen molar-refractivity contribution in [3.8, 4) is 5.75 Å². The average Bonchev–Trinajstić information content (AvgIpc) is 3.00. The smallest absolute Gasteiger partial charge is 0.203 e. The van der Waals surface area contributed by atoms with Crippen molar-refractivity contribution in [1.82, 2.24) is 14.0 Å². The third-order valence-corrected chi connectivity index (χ3v) is 5.32. The summed E-state index contributed by atoms with van der Waals surface area (Å²) in [6.45, 7) is 8.55. The molecule has 0 spiro atoms. The Morgan fingerprint density at radius 3 is 2.17 bits per heavy atom. The molecule has 1 aromatic heterocycles. The molecule has 0 aliphatic carbocycles. The number of nitrogens with zero attached hydrogens (tertiary/aromatic N) is 3. The highest BCUT2D eigenvalue weighted by Gasteiger charge is 2.14. The molecule has 2 aromatic carbocycles. The number of nitrogens with one attached hydrogen (secondary N) is 1. The Kier molecular flexibility index (Phi) is 7.52. The maximum Gasteiger partial charge on any atom is 0.203 e. The van der Waals surface area contributed by atoms with E-state index in [1.165, 1.54) is 5.56 Å². The van der Waals surface area contributed by atoms with Crippen molar-refractivity contribution in [2.24, 2.45) is 0 Å². The maximum absolute atomic E-state index is 8.73. The summed E-state index contributed by atoms with van der Waals surface area (Å²) in [5, 5.41) is 8.73. The van der Waals surface area contributed by atoms with E-state index in [-0.39, 0.29) is 17.0 Å². The fourth-order valence-electron chi connectivity index (χ4n) is 3.70. The van der Waals surface area contributed by atoms with Gasteiger partial charge >= 0.3 is 0 Å². The molecule has 0 saturated carbocycles. The normalized spacial score (nSPS) is 14.7. The van der Waals surface area contributed by atoms with Gasteiger partial charge in [-0.25, -0.2) is 0 Å². The van der Waals surface area contributed by atoms with Gasteiger partial charge in [-0.2, -0.15) is 0 Å². The molecule has 0 radical (unpaired) electrons. The van der Waals surface area contributed by atoms with Crippen molar-refractivity contribution in [2.75, 3.05) is 39.5 Å². The number of imidazole rings is 1. The first-order valence-electron chi connectivity index (χ1n) is 9.94. The van der Waals surface area contributed by atoms with Crippen molar-refractivity contribution >= 4 is 28.0 Å². The van der Waals surface area contributed by atoms with Gasteiger partial charge in [0.2, 0.25) is 5.62 Å². The van der Waals surface area contributed by atoms with E-state index in [1.807, 2.05) is 28.8 Å².